The van der Waals surface area contributed by atoms with E-state index >= 15 is 0 Å². The fourth-order valence-corrected chi connectivity index (χ4v) is 1.61. The fourth-order valence-electron chi connectivity index (χ4n) is 1.61. The highest BCUT2D eigenvalue weighted by Crippen LogP contribution is 2.17. The van der Waals surface area contributed by atoms with E-state index in [1.54, 1.807) is 12.4 Å². The van der Waals surface area contributed by atoms with Crippen LogP contribution < -0.4 is 10.6 Å². The van der Waals surface area contributed by atoms with Crippen molar-refractivity contribution in [1.82, 2.24) is 9.97 Å². The molecule has 0 aromatic carbocycles. The average Bonchev–Trinajstić information content (AvgIpc) is 2.31. The smallest absolute Gasteiger partial charge is 0.171 e. The molecule has 0 saturated carbocycles. The SMILES string of the molecule is CCCCN(CCCC)c1nccnc1N. The van der Waals surface area contributed by atoms with Crippen LogP contribution in [-0.2, 0) is 0 Å². The monoisotopic (exact) mass is 222 g/mol. The second-order valence-corrected chi connectivity index (χ2v) is 3.96. The van der Waals surface area contributed by atoms with E-state index in [1.165, 1.54) is 25.7 Å². The third-order valence-corrected chi connectivity index (χ3v) is 2.57. The van der Waals surface area contributed by atoms with Gasteiger partial charge in [0.1, 0.15) is 0 Å². The van der Waals surface area contributed by atoms with Gasteiger partial charge in [-0.1, -0.05) is 26.7 Å². The van der Waals surface area contributed by atoms with Gasteiger partial charge in [-0.05, 0) is 12.8 Å². The third kappa shape index (κ3) is 3.68. The van der Waals surface area contributed by atoms with E-state index in [9.17, 15) is 0 Å². The molecule has 0 radical (unpaired) electrons. The maximum absolute atomic E-state index is 5.85. The first kappa shape index (κ1) is 12.7. The Hall–Kier alpha value is -1.32. The van der Waals surface area contributed by atoms with E-state index in [2.05, 4.69) is 28.7 Å². The van der Waals surface area contributed by atoms with Gasteiger partial charge in [0.2, 0.25) is 0 Å². The summed E-state index contributed by atoms with van der Waals surface area (Å²) in [7, 11) is 0. The summed E-state index contributed by atoms with van der Waals surface area (Å²) >= 11 is 0. The molecule has 1 heterocycles. The zero-order chi connectivity index (χ0) is 11.8. The minimum Gasteiger partial charge on any atom is -0.381 e. The zero-order valence-corrected chi connectivity index (χ0v) is 10.3. The van der Waals surface area contributed by atoms with E-state index in [0.717, 1.165) is 18.9 Å². The first-order valence-electron chi connectivity index (χ1n) is 6.11. The minimum atomic E-state index is 0.537. The summed E-state index contributed by atoms with van der Waals surface area (Å²) in [6.07, 6.45) is 8.04. The van der Waals surface area contributed by atoms with Crippen molar-refractivity contribution < 1.29 is 0 Å². The molecule has 16 heavy (non-hydrogen) atoms. The van der Waals surface area contributed by atoms with Crippen molar-refractivity contribution in [2.75, 3.05) is 23.7 Å². The molecule has 0 fully saturated rings. The van der Waals surface area contributed by atoms with Gasteiger partial charge in [-0.25, -0.2) is 9.97 Å². The first-order valence-corrected chi connectivity index (χ1v) is 6.11. The number of hydrogen-bond acceptors (Lipinski definition) is 4. The molecule has 0 saturated heterocycles. The number of rotatable bonds is 7. The molecule has 90 valence electrons. The van der Waals surface area contributed by atoms with E-state index in [1.807, 2.05) is 0 Å². The summed E-state index contributed by atoms with van der Waals surface area (Å²) in [5.41, 5.74) is 5.85. The molecule has 0 unspecified atom stereocenters. The maximum Gasteiger partial charge on any atom is 0.171 e. The number of nitrogens with zero attached hydrogens (tertiary/aromatic N) is 3. The molecule has 1 rings (SSSR count). The average molecular weight is 222 g/mol. The normalized spacial score (nSPS) is 10.4. The van der Waals surface area contributed by atoms with Crippen molar-refractivity contribution in [2.24, 2.45) is 0 Å². The number of nitrogen functional groups attached to an aromatic ring is 1. The Labute approximate surface area is 97.9 Å². The van der Waals surface area contributed by atoms with Gasteiger partial charge in [0.15, 0.2) is 11.6 Å². The van der Waals surface area contributed by atoms with Crippen molar-refractivity contribution in [3.8, 4) is 0 Å². The Kier molecular flexibility index (Phi) is 5.61. The van der Waals surface area contributed by atoms with Gasteiger partial charge in [0, 0.05) is 25.5 Å². The van der Waals surface area contributed by atoms with Crippen molar-refractivity contribution in [1.29, 1.82) is 0 Å². The lowest BCUT2D eigenvalue weighted by atomic mass is 10.2. The topological polar surface area (TPSA) is 55.0 Å². The van der Waals surface area contributed by atoms with Gasteiger partial charge in [-0.15, -0.1) is 0 Å². The van der Waals surface area contributed by atoms with Crippen LogP contribution in [0.25, 0.3) is 0 Å². The molecule has 0 aliphatic heterocycles. The molecule has 4 nitrogen and oxygen atoms in total. The molecule has 4 heteroatoms. The Morgan fingerprint density at radius 2 is 1.62 bits per heavy atom. The highest BCUT2D eigenvalue weighted by Gasteiger charge is 2.10. The molecule has 1 aromatic heterocycles. The van der Waals surface area contributed by atoms with Crippen LogP contribution in [0, 0.1) is 0 Å². The van der Waals surface area contributed by atoms with Crippen LogP contribution in [0.3, 0.4) is 0 Å². The van der Waals surface area contributed by atoms with Gasteiger partial charge in [0.05, 0.1) is 0 Å². The second-order valence-electron chi connectivity index (χ2n) is 3.96. The van der Waals surface area contributed by atoms with Crippen LogP contribution in [0.5, 0.6) is 0 Å². The van der Waals surface area contributed by atoms with Gasteiger partial charge < -0.3 is 10.6 Å². The van der Waals surface area contributed by atoms with Gasteiger partial charge in [-0.2, -0.15) is 0 Å². The van der Waals surface area contributed by atoms with Gasteiger partial charge in [-0.3, -0.25) is 0 Å². The van der Waals surface area contributed by atoms with Crippen LogP contribution >= 0.6 is 0 Å². The van der Waals surface area contributed by atoms with E-state index < -0.39 is 0 Å². The minimum absolute atomic E-state index is 0.537. The summed E-state index contributed by atoms with van der Waals surface area (Å²) in [4.78, 5) is 10.7. The lowest BCUT2D eigenvalue weighted by Gasteiger charge is -2.23. The Morgan fingerprint density at radius 3 is 2.12 bits per heavy atom. The van der Waals surface area contributed by atoms with Crippen LogP contribution in [-0.4, -0.2) is 23.1 Å². The Bertz CT molecular complexity index is 293. The highest BCUT2D eigenvalue weighted by molar-refractivity contribution is 5.57. The molecule has 0 spiro atoms. The lowest BCUT2D eigenvalue weighted by molar-refractivity contribution is 0.671. The van der Waals surface area contributed by atoms with Crippen molar-refractivity contribution in [2.45, 2.75) is 39.5 Å². The summed E-state index contributed by atoms with van der Waals surface area (Å²) in [5.74, 6) is 1.37. The summed E-state index contributed by atoms with van der Waals surface area (Å²) < 4.78 is 0. The summed E-state index contributed by atoms with van der Waals surface area (Å²) in [6.45, 7) is 6.41. The predicted octanol–water partition coefficient (Wildman–Crippen LogP) is 2.47. The quantitative estimate of drug-likeness (QED) is 0.770. The van der Waals surface area contributed by atoms with Crippen molar-refractivity contribution in [3.63, 3.8) is 0 Å². The number of nitrogens with two attached hydrogens (primary N) is 1. The molecule has 0 amide bonds. The molecule has 0 aliphatic rings. The molecular formula is C12H22N4. The van der Waals surface area contributed by atoms with Crippen LogP contribution in [0.2, 0.25) is 0 Å². The van der Waals surface area contributed by atoms with E-state index in [-0.39, 0.29) is 0 Å². The number of hydrogen-bond donors (Lipinski definition) is 1. The lowest BCUT2D eigenvalue weighted by Crippen LogP contribution is -2.27. The standard InChI is InChI=1S/C12H22N4/c1-3-5-9-16(10-6-4-2)12-11(13)14-7-8-15-12/h7-8H,3-6,9-10H2,1-2H3,(H2,13,14). The number of anilines is 2. The number of aromatic nitrogens is 2. The van der Waals surface area contributed by atoms with Crippen molar-refractivity contribution in [3.05, 3.63) is 12.4 Å². The van der Waals surface area contributed by atoms with Crippen LogP contribution in [0.1, 0.15) is 39.5 Å². The second kappa shape index (κ2) is 7.04. The zero-order valence-electron chi connectivity index (χ0n) is 10.3. The first-order chi connectivity index (χ1) is 7.79. The highest BCUT2D eigenvalue weighted by atomic mass is 15.2. The fraction of sp³-hybridized carbons (Fsp3) is 0.667. The van der Waals surface area contributed by atoms with Crippen LogP contribution in [0.15, 0.2) is 12.4 Å². The maximum atomic E-state index is 5.85. The number of unbranched alkanes of at least 4 members (excludes halogenated alkanes) is 2. The van der Waals surface area contributed by atoms with E-state index in [4.69, 9.17) is 5.73 Å². The molecule has 1 aromatic rings. The largest absolute Gasteiger partial charge is 0.381 e. The molecule has 0 atom stereocenters. The van der Waals surface area contributed by atoms with Gasteiger partial charge >= 0.3 is 0 Å². The predicted molar refractivity (Wildman–Crippen MR) is 68.5 cm³/mol. The third-order valence-electron chi connectivity index (χ3n) is 2.57. The molecule has 0 aliphatic carbocycles. The van der Waals surface area contributed by atoms with Crippen LogP contribution in [0.4, 0.5) is 11.6 Å². The van der Waals surface area contributed by atoms with E-state index in [0.29, 0.717) is 5.82 Å². The Balaban J connectivity index is 2.70. The summed E-state index contributed by atoms with van der Waals surface area (Å²) in [5, 5.41) is 0. The Morgan fingerprint density at radius 1 is 1.06 bits per heavy atom. The molecule has 2 N–H and O–H groups in total. The molecular weight excluding hydrogens is 200 g/mol. The van der Waals surface area contributed by atoms with Gasteiger partial charge in [0.25, 0.3) is 0 Å². The molecule has 0 bridgehead atoms. The van der Waals surface area contributed by atoms with Crippen molar-refractivity contribution >= 4 is 11.6 Å². The summed E-state index contributed by atoms with van der Waals surface area (Å²) in [6, 6.07) is 0.